The van der Waals surface area contributed by atoms with Crippen molar-refractivity contribution in [1.29, 1.82) is 0 Å². The maximum absolute atomic E-state index is 12.5. The first kappa shape index (κ1) is 15.9. The van der Waals surface area contributed by atoms with Gasteiger partial charge in [-0.2, -0.15) is 0 Å². The smallest absolute Gasteiger partial charge is 0.196 e. The van der Waals surface area contributed by atoms with Gasteiger partial charge < -0.3 is 0 Å². The number of hydrogen-bond donors (Lipinski definition) is 0. The molecule has 0 N–H and O–H groups in total. The fraction of sp³-hybridized carbons (Fsp3) is 0.0714. The van der Waals surface area contributed by atoms with E-state index < -0.39 is 0 Å². The van der Waals surface area contributed by atoms with Crippen molar-refractivity contribution in [2.24, 2.45) is 0 Å². The molecule has 0 unspecified atom stereocenters. The van der Waals surface area contributed by atoms with Gasteiger partial charge in [0.25, 0.3) is 0 Å². The van der Waals surface area contributed by atoms with Gasteiger partial charge >= 0.3 is 0 Å². The Labute approximate surface area is 141 Å². The van der Waals surface area contributed by atoms with Crippen molar-refractivity contribution in [3.63, 3.8) is 0 Å². The van der Waals surface area contributed by atoms with Gasteiger partial charge in [0, 0.05) is 5.56 Å². The lowest BCUT2D eigenvalue weighted by molar-refractivity contribution is 0.103. The van der Waals surface area contributed by atoms with Crippen molar-refractivity contribution in [3.05, 3.63) is 66.1 Å². The van der Waals surface area contributed by atoms with Crippen LogP contribution in [-0.2, 0) is 0 Å². The molecular formula is C14H7Cl5O. The van der Waals surface area contributed by atoms with Crippen LogP contribution in [0.5, 0.6) is 0 Å². The Kier molecular flexibility index (Phi) is 4.88. The summed E-state index contributed by atoms with van der Waals surface area (Å²) in [5.41, 5.74) is 1.52. The van der Waals surface area contributed by atoms with Gasteiger partial charge in [0.15, 0.2) is 5.78 Å². The second-order valence-electron chi connectivity index (χ2n) is 4.14. The van der Waals surface area contributed by atoms with Crippen LogP contribution in [0.2, 0.25) is 25.1 Å². The van der Waals surface area contributed by atoms with E-state index in [1.165, 1.54) is 0 Å². The molecule has 0 atom stereocenters. The maximum Gasteiger partial charge on any atom is 0.196 e. The zero-order valence-electron chi connectivity index (χ0n) is 10.1. The monoisotopic (exact) mass is 366 g/mol. The standard InChI is InChI=1S/C14H7Cl5O/c1-6-2-4-7(5-3-6)14(20)8-9(15)11(17)13(19)12(18)10(8)16/h2-5H,1H3. The van der Waals surface area contributed by atoms with Gasteiger partial charge in [-0.25, -0.2) is 0 Å². The molecule has 0 aliphatic rings. The van der Waals surface area contributed by atoms with Crippen LogP contribution in [-0.4, -0.2) is 5.78 Å². The van der Waals surface area contributed by atoms with Crippen molar-refractivity contribution in [1.82, 2.24) is 0 Å². The Morgan fingerprint density at radius 2 is 1.15 bits per heavy atom. The molecule has 2 rings (SSSR count). The molecule has 2 aromatic rings. The second kappa shape index (κ2) is 6.13. The van der Waals surface area contributed by atoms with Crippen LogP contribution in [0.1, 0.15) is 21.5 Å². The number of rotatable bonds is 2. The maximum atomic E-state index is 12.5. The van der Waals surface area contributed by atoms with Crippen molar-refractivity contribution in [2.75, 3.05) is 0 Å². The summed E-state index contributed by atoms with van der Waals surface area (Å²) in [5.74, 6) is -0.361. The van der Waals surface area contributed by atoms with Gasteiger partial charge in [-0.3, -0.25) is 4.79 Å². The average molecular weight is 368 g/mol. The fourth-order valence-corrected chi connectivity index (χ4v) is 2.96. The van der Waals surface area contributed by atoms with E-state index in [0.29, 0.717) is 5.56 Å². The van der Waals surface area contributed by atoms with Crippen LogP contribution in [0.3, 0.4) is 0 Å². The van der Waals surface area contributed by atoms with Gasteiger partial charge in [-0.05, 0) is 6.92 Å². The number of halogens is 5. The van der Waals surface area contributed by atoms with Crippen molar-refractivity contribution in [2.45, 2.75) is 6.92 Å². The molecule has 0 amide bonds. The molecule has 20 heavy (non-hydrogen) atoms. The molecule has 2 aromatic carbocycles. The molecule has 0 saturated carbocycles. The highest BCUT2D eigenvalue weighted by Gasteiger charge is 2.24. The third-order valence-corrected chi connectivity index (χ3v) is 5.03. The summed E-state index contributed by atoms with van der Waals surface area (Å²) >= 11 is 29.9. The zero-order valence-corrected chi connectivity index (χ0v) is 13.9. The van der Waals surface area contributed by atoms with Crippen LogP contribution in [0, 0.1) is 6.92 Å². The van der Waals surface area contributed by atoms with E-state index in [4.69, 9.17) is 58.0 Å². The van der Waals surface area contributed by atoms with E-state index in [1.54, 1.807) is 12.1 Å². The number of aryl methyl sites for hydroxylation is 1. The molecule has 0 spiro atoms. The Morgan fingerprint density at radius 1 is 0.750 bits per heavy atom. The summed E-state index contributed by atoms with van der Waals surface area (Å²) in [7, 11) is 0. The highest BCUT2D eigenvalue weighted by molar-refractivity contribution is 6.56. The molecule has 104 valence electrons. The third kappa shape index (κ3) is 2.79. The second-order valence-corrected chi connectivity index (χ2v) is 6.03. The quantitative estimate of drug-likeness (QED) is 0.336. The molecule has 0 aliphatic carbocycles. The first-order chi connectivity index (χ1) is 9.34. The van der Waals surface area contributed by atoms with Crippen molar-refractivity contribution >= 4 is 63.8 Å². The van der Waals surface area contributed by atoms with Crippen LogP contribution in [0.4, 0.5) is 0 Å². The topological polar surface area (TPSA) is 17.1 Å². The van der Waals surface area contributed by atoms with E-state index in [9.17, 15) is 4.79 Å². The summed E-state index contributed by atoms with van der Waals surface area (Å²) < 4.78 is 0. The lowest BCUT2D eigenvalue weighted by Gasteiger charge is -2.11. The first-order valence-corrected chi connectivity index (χ1v) is 7.36. The summed E-state index contributed by atoms with van der Waals surface area (Å²) in [5, 5.41) is 0.0495. The first-order valence-electron chi connectivity index (χ1n) is 5.47. The van der Waals surface area contributed by atoms with Crippen LogP contribution >= 0.6 is 58.0 Å². The highest BCUT2D eigenvalue weighted by atomic mass is 35.5. The van der Waals surface area contributed by atoms with Gasteiger partial charge in [0.2, 0.25) is 0 Å². The minimum atomic E-state index is -0.361. The average Bonchev–Trinajstić information content (AvgIpc) is 2.44. The molecule has 0 bridgehead atoms. The van der Waals surface area contributed by atoms with Crippen molar-refractivity contribution in [3.8, 4) is 0 Å². The molecule has 0 aromatic heterocycles. The van der Waals surface area contributed by atoms with E-state index in [1.807, 2.05) is 19.1 Å². The van der Waals surface area contributed by atoms with Crippen molar-refractivity contribution < 1.29 is 4.79 Å². The van der Waals surface area contributed by atoms with Crippen LogP contribution < -0.4 is 0 Å². The Hall–Kier alpha value is -0.440. The molecule has 0 saturated heterocycles. The number of benzene rings is 2. The van der Waals surface area contributed by atoms with E-state index in [2.05, 4.69) is 0 Å². The number of carbonyl (C=O) groups excluding carboxylic acids is 1. The van der Waals surface area contributed by atoms with Gasteiger partial charge in [0.1, 0.15) is 0 Å². The minimum Gasteiger partial charge on any atom is -0.288 e. The third-order valence-electron chi connectivity index (χ3n) is 2.75. The molecular weight excluding hydrogens is 361 g/mol. The van der Waals surface area contributed by atoms with E-state index in [0.717, 1.165) is 5.56 Å². The Morgan fingerprint density at radius 3 is 1.60 bits per heavy atom. The minimum absolute atomic E-state index is 0.00311. The summed E-state index contributed by atoms with van der Waals surface area (Å²) in [6.45, 7) is 1.92. The summed E-state index contributed by atoms with van der Waals surface area (Å²) in [4.78, 5) is 12.5. The SMILES string of the molecule is Cc1ccc(C(=O)c2c(Cl)c(Cl)c(Cl)c(Cl)c2Cl)cc1. The molecule has 0 heterocycles. The molecule has 1 nitrogen and oxygen atoms in total. The van der Waals surface area contributed by atoms with Crippen LogP contribution in [0.25, 0.3) is 0 Å². The molecule has 0 aliphatic heterocycles. The largest absolute Gasteiger partial charge is 0.288 e. The van der Waals surface area contributed by atoms with Gasteiger partial charge in [-0.1, -0.05) is 87.8 Å². The number of carbonyl (C=O) groups is 1. The molecule has 6 heteroatoms. The predicted molar refractivity (Wildman–Crippen MR) is 86.1 cm³/mol. The van der Waals surface area contributed by atoms with Gasteiger partial charge in [-0.15, -0.1) is 0 Å². The predicted octanol–water partition coefficient (Wildman–Crippen LogP) is 6.49. The summed E-state index contributed by atoms with van der Waals surface area (Å²) in [6.07, 6.45) is 0. The molecule has 0 fully saturated rings. The lowest BCUT2D eigenvalue weighted by atomic mass is 10.0. The summed E-state index contributed by atoms with van der Waals surface area (Å²) in [6, 6.07) is 6.99. The fourth-order valence-electron chi connectivity index (χ4n) is 1.65. The zero-order chi connectivity index (χ0) is 15.0. The molecule has 0 radical (unpaired) electrons. The number of ketones is 1. The highest BCUT2D eigenvalue weighted by Crippen LogP contribution is 2.44. The van der Waals surface area contributed by atoms with Crippen LogP contribution in [0.15, 0.2) is 24.3 Å². The Bertz CT molecular complexity index is 663. The van der Waals surface area contributed by atoms with E-state index in [-0.39, 0.29) is 36.5 Å². The number of hydrogen-bond acceptors (Lipinski definition) is 1. The Balaban J connectivity index is 2.64. The normalized spacial score (nSPS) is 10.7. The van der Waals surface area contributed by atoms with Gasteiger partial charge in [0.05, 0.1) is 30.7 Å². The lowest BCUT2D eigenvalue weighted by Crippen LogP contribution is -2.04. The van der Waals surface area contributed by atoms with E-state index >= 15 is 0 Å².